The third-order valence-corrected chi connectivity index (χ3v) is 16.9. The van der Waals surface area contributed by atoms with E-state index in [9.17, 15) is 0 Å². The molecule has 10 heteroatoms. The number of halogens is 2. The fourth-order valence-electron chi connectivity index (χ4n) is 8.23. The van der Waals surface area contributed by atoms with Crippen LogP contribution in [0.1, 0.15) is 163 Å². The standard InChI is InChI=1S/C38H63Br2N5S2Se/c1-5-9-12-14-16-18-21-27-23-29(46-37(27)39)31-33-34(42-45(41-33)25-26(8-4)20-11-7-3)32(36-35(31)43-48-44-36)30-24-28(38(40)47-30)22-19-17-15-13-10-6-2/h23-24,26,31-36,41-44H,5-22,25H2,1-4H3. The number of unbranched alkanes of at least 4 members (excludes halogenated alkanes) is 11. The summed E-state index contributed by atoms with van der Waals surface area (Å²) in [4.78, 5) is 3.09. The van der Waals surface area contributed by atoms with Crippen molar-refractivity contribution in [3.05, 3.63) is 40.6 Å². The van der Waals surface area contributed by atoms with Crippen molar-refractivity contribution >= 4 is 69.9 Å². The number of hydrogen-bond acceptors (Lipinski definition) is 7. The zero-order chi connectivity index (χ0) is 33.9. The first-order valence-electron chi connectivity index (χ1n) is 19.5. The second kappa shape index (κ2) is 20.8. The van der Waals surface area contributed by atoms with Crippen molar-refractivity contribution in [3.8, 4) is 0 Å². The van der Waals surface area contributed by atoms with E-state index in [4.69, 9.17) is 0 Å². The number of hydrazine groups is 2. The number of nitrogens with zero attached hydrogens (tertiary/aromatic N) is 1. The summed E-state index contributed by atoms with van der Waals surface area (Å²) in [5, 5.41) is 2.42. The molecule has 2 aliphatic heterocycles. The van der Waals surface area contributed by atoms with E-state index >= 15 is 0 Å². The van der Waals surface area contributed by atoms with Crippen molar-refractivity contribution in [1.29, 1.82) is 0 Å². The number of aryl methyl sites for hydroxylation is 2. The van der Waals surface area contributed by atoms with Crippen LogP contribution in [0.15, 0.2) is 19.7 Å². The molecule has 3 aliphatic rings. The Morgan fingerprint density at radius 3 is 1.56 bits per heavy atom. The molecule has 272 valence electrons. The molecule has 0 aromatic carbocycles. The van der Waals surface area contributed by atoms with Gasteiger partial charge in [-0.15, -0.1) is 0 Å². The molecule has 0 radical (unpaired) electrons. The third kappa shape index (κ3) is 10.4. The summed E-state index contributed by atoms with van der Waals surface area (Å²) in [5.41, 5.74) is 11.3. The van der Waals surface area contributed by atoms with Crippen LogP contribution in [0.25, 0.3) is 0 Å². The van der Waals surface area contributed by atoms with Gasteiger partial charge in [0, 0.05) is 0 Å². The Bertz CT molecular complexity index is 1140. The minimum atomic E-state index is 0.253. The molecule has 7 unspecified atom stereocenters. The summed E-state index contributed by atoms with van der Waals surface area (Å²) >= 11 is 12.3. The molecule has 5 nitrogen and oxygen atoms in total. The van der Waals surface area contributed by atoms with Gasteiger partial charge in [0.25, 0.3) is 0 Å². The molecule has 1 aliphatic carbocycles. The molecule has 4 heterocycles. The summed E-state index contributed by atoms with van der Waals surface area (Å²) in [5.74, 6) is 1.56. The first-order chi connectivity index (χ1) is 23.5. The first kappa shape index (κ1) is 39.9. The fraction of sp³-hybridized carbons (Fsp3) is 0.789. The predicted molar refractivity (Wildman–Crippen MR) is 217 cm³/mol. The van der Waals surface area contributed by atoms with Gasteiger partial charge in [0.2, 0.25) is 0 Å². The molecule has 0 bridgehead atoms. The summed E-state index contributed by atoms with van der Waals surface area (Å²) in [7, 11) is 0. The van der Waals surface area contributed by atoms with Crippen LogP contribution in [0.4, 0.5) is 0 Å². The van der Waals surface area contributed by atoms with Crippen LogP contribution in [0, 0.1) is 5.92 Å². The van der Waals surface area contributed by atoms with Crippen molar-refractivity contribution in [2.45, 2.75) is 179 Å². The topological polar surface area (TPSA) is 51.4 Å². The predicted octanol–water partition coefficient (Wildman–Crippen LogP) is 10.8. The van der Waals surface area contributed by atoms with Crippen LogP contribution in [-0.4, -0.2) is 51.2 Å². The van der Waals surface area contributed by atoms with Crippen molar-refractivity contribution in [1.82, 2.24) is 24.6 Å². The monoisotopic (exact) mass is 891 g/mol. The van der Waals surface area contributed by atoms with Gasteiger partial charge >= 0.3 is 300 Å². The quantitative estimate of drug-likeness (QED) is 0.0701. The molecule has 1 saturated carbocycles. The molecule has 4 N–H and O–H groups in total. The van der Waals surface area contributed by atoms with Crippen LogP contribution in [0.3, 0.4) is 0 Å². The average Bonchev–Trinajstić information content (AvgIpc) is 3.88. The molecule has 0 spiro atoms. The van der Waals surface area contributed by atoms with Crippen molar-refractivity contribution in [2.24, 2.45) is 5.92 Å². The molecule has 2 aromatic rings. The Morgan fingerprint density at radius 1 is 0.646 bits per heavy atom. The summed E-state index contributed by atoms with van der Waals surface area (Å²) in [6.45, 7) is 10.4. The van der Waals surface area contributed by atoms with Gasteiger partial charge < -0.3 is 0 Å². The summed E-state index contributed by atoms with van der Waals surface area (Å²) in [6, 6.07) is 6.68. The Labute approximate surface area is 324 Å². The molecule has 5 rings (SSSR count). The molecule has 3 fully saturated rings. The molecule has 0 amide bonds. The van der Waals surface area contributed by atoms with Crippen molar-refractivity contribution in [2.75, 3.05) is 6.54 Å². The van der Waals surface area contributed by atoms with Crippen molar-refractivity contribution in [3.63, 3.8) is 0 Å². The van der Waals surface area contributed by atoms with E-state index in [1.165, 1.54) is 134 Å². The first-order valence-corrected chi connectivity index (χ1v) is 24.4. The van der Waals surface area contributed by atoms with Crippen LogP contribution in [0.2, 0.25) is 0 Å². The number of thiophene rings is 2. The fourth-order valence-corrected chi connectivity index (χ4v) is 14.2. The summed E-state index contributed by atoms with van der Waals surface area (Å²) in [6.07, 6.45) is 23.7. The molecular formula is C38H63Br2N5S2Se. The molecule has 2 saturated heterocycles. The maximum absolute atomic E-state index is 4.12. The van der Waals surface area contributed by atoms with Gasteiger partial charge in [-0.05, 0) is 0 Å². The van der Waals surface area contributed by atoms with Crippen LogP contribution < -0.4 is 19.5 Å². The van der Waals surface area contributed by atoms with E-state index in [-0.39, 0.29) is 15.4 Å². The van der Waals surface area contributed by atoms with Crippen molar-refractivity contribution < 1.29 is 0 Å². The van der Waals surface area contributed by atoms with E-state index in [0.29, 0.717) is 41.9 Å². The second-order valence-corrected chi connectivity index (χ2v) is 20.9. The Hall–Kier alpha value is 0.679. The van der Waals surface area contributed by atoms with Gasteiger partial charge in [-0.1, -0.05) is 26.7 Å². The van der Waals surface area contributed by atoms with E-state index in [1.54, 1.807) is 9.75 Å². The number of nitrogens with one attached hydrogen (secondary N) is 4. The van der Waals surface area contributed by atoms with Crippen LogP contribution >= 0.6 is 54.5 Å². The number of fused-ring (bicyclic) bond motifs is 2. The maximum atomic E-state index is 4.12. The molecule has 2 aromatic heterocycles. The van der Waals surface area contributed by atoms with Crippen LogP contribution in [-0.2, 0) is 12.8 Å². The molecule has 48 heavy (non-hydrogen) atoms. The Kier molecular flexibility index (Phi) is 17.3. The second-order valence-electron chi connectivity index (χ2n) is 14.7. The SMILES string of the molecule is CCCCCCCCc1cc(C2C3N[Se]NC3C(c3cc(CCCCCCCC)c(Br)s3)C3NN(CC(CC)CCCC)NC32)sc1Br. The van der Waals surface area contributed by atoms with Gasteiger partial charge in [-0.25, -0.2) is 0 Å². The van der Waals surface area contributed by atoms with E-state index in [2.05, 4.69) is 96.3 Å². The normalized spacial score (nSPS) is 26.3. The summed E-state index contributed by atoms with van der Waals surface area (Å²) < 4.78 is 10.8. The van der Waals surface area contributed by atoms with E-state index in [1.807, 2.05) is 22.7 Å². The Morgan fingerprint density at radius 2 is 1.10 bits per heavy atom. The van der Waals surface area contributed by atoms with Gasteiger partial charge in [0.15, 0.2) is 0 Å². The number of hydrogen-bond donors (Lipinski definition) is 4. The van der Waals surface area contributed by atoms with E-state index < -0.39 is 0 Å². The molecular weight excluding hydrogens is 829 g/mol. The zero-order valence-corrected chi connectivity index (χ0v) is 36.6. The minimum absolute atomic E-state index is 0.253. The average molecular weight is 893 g/mol. The van der Waals surface area contributed by atoms with Crippen LogP contribution in [0.5, 0.6) is 0 Å². The van der Waals surface area contributed by atoms with E-state index in [0.717, 1.165) is 6.54 Å². The van der Waals surface area contributed by atoms with Gasteiger partial charge in [-0.3, -0.25) is 0 Å². The van der Waals surface area contributed by atoms with Gasteiger partial charge in [0.1, 0.15) is 0 Å². The number of rotatable bonds is 22. The van der Waals surface area contributed by atoms with Gasteiger partial charge in [-0.2, -0.15) is 0 Å². The Balaban J connectivity index is 1.36. The van der Waals surface area contributed by atoms with Gasteiger partial charge in [0.05, 0.1) is 0 Å². The third-order valence-electron chi connectivity index (χ3n) is 11.1. The molecule has 7 atom stereocenters. The zero-order valence-electron chi connectivity index (χ0n) is 30.1.